The quantitative estimate of drug-likeness (QED) is 0.791. The van der Waals surface area contributed by atoms with Crippen molar-refractivity contribution < 1.29 is 14.3 Å². The van der Waals surface area contributed by atoms with Gasteiger partial charge in [-0.25, -0.2) is 4.79 Å². The number of nitrogens with two attached hydrogens (primary N) is 1. The Morgan fingerprint density at radius 2 is 2.00 bits per heavy atom. The van der Waals surface area contributed by atoms with E-state index in [1.54, 1.807) is 17.0 Å². The molecule has 108 valence electrons. The highest BCUT2D eigenvalue weighted by molar-refractivity contribution is 5.89. The van der Waals surface area contributed by atoms with Gasteiger partial charge in [-0.05, 0) is 18.6 Å². The highest BCUT2D eigenvalue weighted by Gasteiger charge is 2.32. The number of likely N-dealkylation sites (tertiary alicyclic amines) is 1. The van der Waals surface area contributed by atoms with E-state index in [4.69, 9.17) is 10.5 Å². The normalized spacial score (nSPS) is 22.2. The lowest BCUT2D eigenvalue weighted by molar-refractivity contribution is -0.147. The number of hydrogen-bond acceptors (Lipinski definition) is 4. The number of amides is 2. The van der Waals surface area contributed by atoms with E-state index >= 15 is 0 Å². The maximum absolute atomic E-state index is 12.2. The second-order valence-corrected chi connectivity index (χ2v) is 4.92. The fourth-order valence-corrected chi connectivity index (χ4v) is 2.37. The number of esters is 1. The van der Waals surface area contributed by atoms with Gasteiger partial charge in [0.25, 0.3) is 0 Å². The van der Waals surface area contributed by atoms with Crippen LogP contribution in [0.3, 0.4) is 0 Å². The van der Waals surface area contributed by atoms with E-state index < -0.39 is 0 Å². The van der Waals surface area contributed by atoms with Gasteiger partial charge in [-0.3, -0.25) is 4.79 Å². The number of methoxy groups -OCH3 is 1. The van der Waals surface area contributed by atoms with Crippen molar-refractivity contribution in [3.05, 3.63) is 30.3 Å². The number of benzene rings is 1. The van der Waals surface area contributed by atoms with Crippen molar-refractivity contribution in [2.75, 3.05) is 25.5 Å². The van der Waals surface area contributed by atoms with Crippen LogP contribution in [0.15, 0.2) is 30.3 Å². The smallest absolute Gasteiger partial charge is 0.321 e. The Labute approximate surface area is 117 Å². The molecule has 6 nitrogen and oxygen atoms in total. The van der Waals surface area contributed by atoms with E-state index in [2.05, 4.69) is 5.32 Å². The number of nitrogens with one attached hydrogen (secondary N) is 1. The van der Waals surface area contributed by atoms with Gasteiger partial charge in [-0.1, -0.05) is 18.2 Å². The summed E-state index contributed by atoms with van der Waals surface area (Å²) >= 11 is 0. The van der Waals surface area contributed by atoms with Crippen LogP contribution in [0.4, 0.5) is 10.5 Å². The van der Waals surface area contributed by atoms with E-state index in [9.17, 15) is 9.59 Å². The van der Waals surface area contributed by atoms with Crippen LogP contribution in [-0.2, 0) is 9.53 Å². The lowest BCUT2D eigenvalue weighted by Crippen LogP contribution is -2.52. The number of piperidine rings is 1. The van der Waals surface area contributed by atoms with Crippen LogP contribution in [-0.4, -0.2) is 43.1 Å². The second kappa shape index (κ2) is 6.38. The molecule has 1 aliphatic rings. The van der Waals surface area contributed by atoms with E-state index in [1.807, 2.05) is 18.2 Å². The van der Waals surface area contributed by atoms with Gasteiger partial charge < -0.3 is 20.7 Å². The van der Waals surface area contributed by atoms with E-state index in [0.29, 0.717) is 25.2 Å². The number of anilines is 1. The van der Waals surface area contributed by atoms with Crippen molar-refractivity contribution in [2.24, 2.45) is 11.7 Å². The first kappa shape index (κ1) is 14.3. The zero-order valence-electron chi connectivity index (χ0n) is 11.4. The summed E-state index contributed by atoms with van der Waals surface area (Å²) in [5.41, 5.74) is 6.62. The summed E-state index contributed by atoms with van der Waals surface area (Å²) in [6.07, 6.45) is 0.543. The third-order valence-corrected chi connectivity index (χ3v) is 3.33. The zero-order chi connectivity index (χ0) is 14.5. The molecule has 0 aromatic heterocycles. The highest BCUT2D eigenvalue weighted by Crippen LogP contribution is 2.18. The van der Waals surface area contributed by atoms with E-state index in [-0.39, 0.29) is 24.0 Å². The van der Waals surface area contributed by atoms with Crippen molar-refractivity contribution in [2.45, 2.75) is 12.5 Å². The van der Waals surface area contributed by atoms with Gasteiger partial charge >= 0.3 is 12.0 Å². The van der Waals surface area contributed by atoms with Crippen molar-refractivity contribution in [3.63, 3.8) is 0 Å². The summed E-state index contributed by atoms with van der Waals surface area (Å²) in [7, 11) is 1.34. The number of para-hydroxylation sites is 1. The summed E-state index contributed by atoms with van der Waals surface area (Å²) in [5.74, 6) is -0.678. The number of carbonyl (C=O) groups excluding carboxylic acids is 2. The molecule has 1 aromatic carbocycles. The number of rotatable bonds is 2. The molecule has 20 heavy (non-hydrogen) atoms. The van der Waals surface area contributed by atoms with Gasteiger partial charge in [0.1, 0.15) is 0 Å². The third kappa shape index (κ3) is 3.48. The van der Waals surface area contributed by atoms with Crippen LogP contribution in [0, 0.1) is 5.92 Å². The van der Waals surface area contributed by atoms with Crippen molar-refractivity contribution in [1.82, 2.24) is 4.90 Å². The number of hydrogen-bond donors (Lipinski definition) is 2. The standard InChI is InChI=1S/C14H19N3O3/c1-20-13(18)10-7-11(15)9-17(8-10)14(19)16-12-5-3-2-4-6-12/h2-6,10-11H,7-9,15H2,1H3,(H,16,19). The molecule has 0 spiro atoms. The lowest BCUT2D eigenvalue weighted by atomic mass is 9.95. The largest absolute Gasteiger partial charge is 0.469 e. The molecular weight excluding hydrogens is 258 g/mol. The van der Waals surface area contributed by atoms with E-state index in [1.165, 1.54) is 7.11 Å². The van der Waals surface area contributed by atoms with Crippen molar-refractivity contribution in [1.29, 1.82) is 0 Å². The Bertz CT molecular complexity index is 478. The molecule has 1 heterocycles. The predicted molar refractivity (Wildman–Crippen MR) is 75.1 cm³/mol. The number of ether oxygens (including phenoxy) is 1. The molecule has 6 heteroatoms. The molecule has 1 aromatic rings. The topological polar surface area (TPSA) is 84.7 Å². The van der Waals surface area contributed by atoms with Crippen LogP contribution in [0.25, 0.3) is 0 Å². The Kier molecular flexibility index (Phi) is 4.57. The van der Waals surface area contributed by atoms with Gasteiger partial charge in [-0.15, -0.1) is 0 Å². The minimum atomic E-state index is -0.356. The summed E-state index contributed by atoms with van der Waals surface area (Å²) < 4.78 is 4.73. The van der Waals surface area contributed by atoms with Gasteiger partial charge in [0.2, 0.25) is 0 Å². The molecule has 1 aliphatic heterocycles. The highest BCUT2D eigenvalue weighted by atomic mass is 16.5. The van der Waals surface area contributed by atoms with Crippen LogP contribution in [0.2, 0.25) is 0 Å². The lowest BCUT2D eigenvalue weighted by Gasteiger charge is -2.34. The third-order valence-electron chi connectivity index (χ3n) is 3.33. The van der Waals surface area contributed by atoms with E-state index in [0.717, 1.165) is 0 Å². The van der Waals surface area contributed by atoms with Crippen molar-refractivity contribution in [3.8, 4) is 0 Å². The first-order valence-corrected chi connectivity index (χ1v) is 6.54. The molecular formula is C14H19N3O3. The van der Waals surface area contributed by atoms with Gasteiger partial charge in [-0.2, -0.15) is 0 Å². The number of carbonyl (C=O) groups is 2. The maximum Gasteiger partial charge on any atom is 0.321 e. The SMILES string of the molecule is COC(=O)C1CC(N)CN(C(=O)Nc2ccccc2)C1. The molecule has 0 saturated carbocycles. The number of nitrogens with zero attached hydrogens (tertiary/aromatic N) is 1. The minimum absolute atomic E-state index is 0.214. The van der Waals surface area contributed by atoms with Crippen LogP contribution < -0.4 is 11.1 Å². The molecule has 2 atom stereocenters. The molecule has 2 rings (SSSR count). The van der Waals surface area contributed by atoms with Crippen LogP contribution in [0.5, 0.6) is 0 Å². The Morgan fingerprint density at radius 3 is 2.65 bits per heavy atom. The van der Waals surface area contributed by atoms with Gasteiger partial charge in [0.15, 0.2) is 0 Å². The average molecular weight is 277 g/mol. The fourth-order valence-electron chi connectivity index (χ4n) is 2.37. The van der Waals surface area contributed by atoms with Gasteiger partial charge in [0.05, 0.1) is 13.0 Å². The Morgan fingerprint density at radius 1 is 1.30 bits per heavy atom. The molecule has 3 N–H and O–H groups in total. The van der Waals surface area contributed by atoms with Crippen LogP contribution >= 0.6 is 0 Å². The first-order chi connectivity index (χ1) is 9.60. The molecule has 0 aliphatic carbocycles. The van der Waals surface area contributed by atoms with Gasteiger partial charge in [0, 0.05) is 24.8 Å². The molecule has 0 radical (unpaired) electrons. The Hall–Kier alpha value is -2.08. The first-order valence-electron chi connectivity index (χ1n) is 6.54. The molecule has 1 fully saturated rings. The summed E-state index contributed by atoms with van der Waals surface area (Å²) in [5, 5.41) is 2.79. The van der Waals surface area contributed by atoms with Crippen molar-refractivity contribution >= 4 is 17.7 Å². The average Bonchev–Trinajstić information content (AvgIpc) is 2.46. The molecule has 0 bridgehead atoms. The van der Waals surface area contributed by atoms with Crippen LogP contribution in [0.1, 0.15) is 6.42 Å². The summed E-state index contributed by atoms with van der Waals surface area (Å²) in [4.78, 5) is 25.3. The zero-order valence-corrected chi connectivity index (χ0v) is 11.4. The monoisotopic (exact) mass is 277 g/mol. The second-order valence-electron chi connectivity index (χ2n) is 4.92. The molecule has 2 amide bonds. The minimum Gasteiger partial charge on any atom is -0.469 e. The Balaban J connectivity index is 2.00. The summed E-state index contributed by atoms with van der Waals surface area (Å²) in [6, 6.07) is 8.71. The summed E-state index contributed by atoms with van der Waals surface area (Å²) in [6.45, 7) is 0.769. The number of urea groups is 1. The predicted octanol–water partition coefficient (Wildman–Crippen LogP) is 1.04. The fraction of sp³-hybridized carbons (Fsp3) is 0.429. The molecule has 1 saturated heterocycles. The maximum atomic E-state index is 12.2. The molecule has 2 unspecified atom stereocenters.